The van der Waals surface area contributed by atoms with E-state index in [0.29, 0.717) is 19.0 Å². The zero-order chi connectivity index (χ0) is 12.4. The summed E-state index contributed by atoms with van der Waals surface area (Å²) in [6, 6.07) is 3.62. The molecule has 17 heavy (non-hydrogen) atoms. The number of aryl methyl sites for hydroxylation is 1. The van der Waals surface area contributed by atoms with Crippen LogP contribution >= 0.6 is 0 Å². The molecule has 1 heterocycles. The minimum absolute atomic E-state index is 0.536. The van der Waals surface area contributed by atoms with Crippen LogP contribution in [0.4, 0.5) is 0 Å². The lowest BCUT2D eigenvalue weighted by atomic mass is 9.98. The van der Waals surface area contributed by atoms with E-state index in [4.69, 9.17) is 14.6 Å². The lowest BCUT2D eigenvalue weighted by Gasteiger charge is -2.14. The SMILES string of the molecule is Cc1cc(C(C)C(=O)O)cc2c1OCCCO2. The molecule has 0 aliphatic carbocycles. The van der Waals surface area contributed by atoms with E-state index in [0.717, 1.165) is 23.3 Å². The molecule has 0 radical (unpaired) electrons. The van der Waals surface area contributed by atoms with Gasteiger partial charge in [0.25, 0.3) is 0 Å². The van der Waals surface area contributed by atoms with E-state index in [1.807, 2.05) is 13.0 Å². The molecule has 1 aromatic carbocycles. The van der Waals surface area contributed by atoms with Gasteiger partial charge in [0, 0.05) is 6.42 Å². The van der Waals surface area contributed by atoms with E-state index >= 15 is 0 Å². The molecule has 1 aliphatic rings. The highest BCUT2D eigenvalue weighted by Crippen LogP contribution is 2.36. The Kier molecular flexibility index (Phi) is 3.22. The fourth-order valence-electron chi connectivity index (χ4n) is 1.87. The maximum absolute atomic E-state index is 11.0. The molecule has 0 fully saturated rings. The fourth-order valence-corrected chi connectivity index (χ4v) is 1.87. The number of carboxylic acids is 1. The third-order valence-electron chi connectivity index (χ3n) is 2.93. The Morgan fingerprint density at radius 2 is 2.06 bits per heavy atom. The molecule has 1 aliphatic heterocycles. The third kappa shape index (κ3) is 2.35. The van der Waals surface area contributed by atoms with Crippen LogP contribution in [0.5, 0.6) is 11.5 Å². The number of carboxylic acid groups (broad SMARTS) is 1. The van der Waals surface area contributed by atoms with E-state index in [-0.39, 0.29) is 0 Å². The second-order valence-corrected chi connectivity index (χ2v) is 4.28. The Hall–Kier alpha value is -1.71. The summed E-state index contributed by atoms with van der Waals surface area (Å²) in [6.45, 7) is 4.83. The van der Waals surface area contributed by atoms with Crippen molar-refractivity contribution in [3.05, 3.63) is 23.3 Å². The maximum Gasteiger partial charge on any atom is 0.310 e. The van der Waals surface area contributed by atoms with Crippen molar-refractivity contribution in [2.24, 2.45) is 0 Å². The first kappa shape index (κ1) is 11.8. The molecule has 1 N–H and O–H groups in total. The van der Waals surface area contributed by atoms with Crippen molar-refractivity contribution in [2.45, 2.75) is 26.2 Å². The van der Waals surface area contributed by atoms with Crippen LogP contribution in [0.3, 0.4) is 0 Å². The van der Waals surface area contributed by atoms with Gasteiger partial charge in [-0.05, 0) is 31.0 Å². The van der Waals surface area contributed by atoms with Crippen LogP contribution in [0.25, 0.3) is 0 Å². The van der Waals surface area contributed by atoms with E-state index in [2.05, 4.69) is 0 Å². The van der Waals surface area contributed by atoms with Gasteiger partial charge in [-0.3, -0.25) is 4.79 Å². The summed E-state index contributed by atoms with van der Waals surface area (Å²) in [7, 11) is 0. The van der Waals surface area contributed by atoms with Gasteiger partial charge in [0.05, 0.1) is 19.1 Å². The number of aliphatic carboxylic acids is 1. The summed E-state index contributed by atoms with van der Waals surface area (Å²) >= 11 is 0. The molecule has 1 atom stereocenters. The number of ether oxygens (including phenoxy) is 2. The van der Waals surface area contributed by atoms with Gasteiger partial charge in [-0.1, -0.05) is 6.07 Å². The molecule has 2 rings (SSSR count). The molecule has 92 valence electrons. The van der Waals surface area contributed by atoms with Crippen LogP contribution in [-0.2, 0) is 4.79 Å². The van der Waals surface area contributed by atoms with Crippen LogP contribution in [0.1, 0.15) is 30.4 Å². The average molecular weight is 236 g/mol. The molecular weight excluding hydrogens is 220 g/mol. The van der Waals surface area contributed by atoms with Crippen molar-refractivity contribution in [1.82, 2.24) is 0 Å². The van der Waals surface area contributed by atoms with Gasteiger partial charge in [0.1, 0.15) is 0 Å². The van der Waals surface area contributed by atoms with Gasteiger partial charge in [0.15, 0.2) is 11.5 Å². The summed E-state index contributed by atoms with van der Waals surface area (Å²) in [6.07, 6.45) is 0.845. The maximum atomic E-state index is 11.0. The average Bonchev–Trinajstić information content (AvgIpc) is 2.53. The first-order chi connectivity index (χ1) is 8.09. The van der Waals surface area contributed by atoms with Crippen LogP contribution in [-0.4, -0.2) is 24.3 Å². The highest BCUT2D eigenvalue weighted by Gasteiger charge is 2.19. The molecule has 0 saturated carbocycles. The van der Waals surface area contributed by atoms with Gasteiger partial charge in [-0.25, -0.2) is 0 Å². The quantitative estimate of drug-likeness (QED) is 0.856. The monoisotopic (exact) mass is 236 g/mol. The molecule has 1 aromatic rings. The minimum atomic E-state index is -0.834. The highest BCUT2D eigenvalue weighted by atomic mass is 16.5. The van der Waals surface area contributed by atoms with Crippen molar-refractivity contribution in [3.8, 4) is 11.5 Å². The fraction of sp³-hybridized carbons (Fsp3) is 0.462. The molecule has 0 spiro atoms. The van der Waals surface area contributed by atoms with Crippen molar-refractivity contribution in [3.63, 3.8) is 0 Å². The standard InChI is InChI=1S/C13H16O4/c1-8-6-10(9(2)13(14)15)7-11-12(8)17-5-3-4-16-11/h6-7,9H,3-5H2,1-2H3,(H,14,15). The number of fused-ring (bicyclic) bond motifs is 1. The zero-order valence-corrected chi connectivity index (χ0v) is 10.0. The topological polar surface area (TPSA) is 55.8 Å². The summed E-state index contributed by atoms with van der Waals surface area (Å²) in [4.78, 5) is 11.0. The largest absolute Gasteiger partial charge is 0.490 e. The lowest BCUT2D eigenvalue weighted by molar-refractivity contribution is -0.138. The minimum Gasteiger partial charge on any atom is -0.490 e. The molecular formula is C13H16O4. The lowest BCUT2D eigenvalue weighted by Crippen LogP contribution is -2.08. The van der Waals surface area contributed by atoms with Crippen LogP contribution in [0, 0.1) is 6.92 Å². The number of carbonyl (C=O) groups is 1. The van der Waals surface area contributed by atoms with Crippen LogP contribution in [0.15, 0.2) is 12.1 Å². The van der Waals surface area contributed by atoms with E-state index in [9.17, 15) is 4.79 Å². The Labute approximate surface area is 100 Å². The molecule has 0 aromatic heterocycles. The van der Waals surface area contributed by atoms with Crippen molar-refractivity contribution in [1.29, 1.82) is 0 Å². The predicted molar refractivity (Wildman–Crippen MR) is 62.8 cm³/mol. The van der Waals surface area contributed by atoms with Crippen molar-refractivity contribution >= 4 is 5.97 Å². The molecule has 4 heteroatoms. The number of hydrogen-bond donors (Lipinski definition) is 1. The molecule has 1 unspecified atom stereocenters. The number of benzene rings is 1. The smallest absolute Gasteiger partial charge is 0.310 e. The predicted octanol–water partition coefficient (Wildman–Crippen LogP) is 2.34. The van der Waals surface area contributed by atoms with Gasteiger partial charge in [-0.15, -0.1) is 0 Å². The molecule has 0 saturated heterocycles. The first-order valence-electron chi connectivity index (χ1n) is 5.72. The molecule has 0 amide bonds. The van der Waals surface area contributed by atoms with Crippen molar-refractivity contribution in [2.75, 3.05) is 13.2 Å². The van der Waals surface area contributed by atoms with E-state index in [1.165, 1.54) is 0 Å². The van der Waals surface area contributed by atoms with Gasteiger partial charge in [0.2, 0.25) is 0 Å². The summed E-state index contributed by atoms with van der Waals surface area (Å²) in [5.41, 5.74) is 1.67. The Balaban J connectivity index is 2.42. The van der Waals surface area contributed by atoms with Gasteiger partial charge >= 0.3 is 5.97 Å². The molecule has 4 nitrogen and oxygen atoms in total. The van der Waals surface area contributed by atoms with Gasteiger partial charge in [-0.2, -0.15) is 0 Å². The van der Waals surface area contributed by atoms with E-state index in [1.54, 1.807) is 13.0 Å². The number of rotatable bonds is 2. The Bertz CT molecular complexity index is 439. The second-order valence-electron chi connectivity index (χ2n) is 4.28. The Morgan fingerprint density at radius 3 is 2.76 bits per heavy atom. The van der Waals surface area contributed by atoms with E-state index < -0.39 is 11.9 Å². The van der Waals surface area contributed by atoms with Crippen molar-refractivity contribution < 1.29 is 19.4 Å². The Morgan fingerprint density at radius 1 is 1.35 bits per heavy atom. The summed E-state index contributed by atoms with van der Waals surface area (Å²) < 4.78 is 11.2. The van der Waals surface area contributed by atoms with Crippen LogP contribution in [0.2, 0.25) is 0 Å². The second kappa shape index (κ2) is 4.65. The summed E-state index contributed by atoms with van der Waals surface area (Å²) in [5.74, 6) is 0.0270. The van der Waals surface area contributed by atoms with Gasteiger partial charge < -0.3 is 14.6 Å². The third-order valence-corrected chi connectivity index (χ3v) is 2.93. The number of hydrogen-bond acceptors (Lipinski definition) is 3. The van der Waals surface area contributed by atoms with Crippen LogP contribution < -0.4 is 9.47 Å². The molecule has 0 bridgehead atoms. The first-order valence-corrected chi connectivity index (χ1v) is 5.72. The highest BCUT2D eigenvalue weighted by molar-refractivity contribution is 5.76. The summed E-state index contributed by atoms with van der Waals surface area (Å²) in [5, 5.41) is 9.01. The zero-order valence-electron chi connectivity index (χ0n) is 10.0. The normalized spacial score (nSPS) is 16.1.